The predicted octanol–water partition coefficient (Wildman–Crippen LogP) is 1.79. The Morgan fingerprint density at radius 2 is 1.92 bits per heavy atom. The Morgan fingerprint density at radius 1 is 1.14 bits per heavy atom. The van der Waals surface area contributed by atoms with Crippen molar-refractivity contribution in [2.45, 2.75) is 68.8 Å². The summed E-state index contributed by atoms with van der Waals surface area (Å²) in [6, 6.07) is 10.9. The number of fused-ring (bicyclic) bond motifs is 4. The molecule has 36 heavy (non-hydrogen) atoms. The van der Waals surface area contributed by atoms with Crippen LogP contribution >= 0.6 is 0 Å². The lowest BCUT2D eigenvalue weighted by Crippen LogP contribution is -2.63. The summed E-state index contributed by atoms with van der Waals surface area (Å²) in [4.78, 5) is 29.9. The molecule has 10 heteroatoms. The molecule has 3 fully saturated rings. The second-order valence-electron chi connectivity index (χ2n) is 9.92. The second kappa shape index (κ2) is 9.68. The van der Waals surface area contributed by atoms with Crippen LogP contribution < -0.4 is 16.0 Å². The average molecular weight is 488 g/mol. The van der Waals surface area contributed by atoms with Crippen LogP contribution in [-0.4, -0.2) is 48.8 Å². The van der Waals surface area contributed by atoms with Gasteiger partial charge < -0.3 is 15.7 Å². The lowest BCUT2D eigenvalue weighted by molar-refractivity contribution is -0.122. The zero-order chi connectivity index (χ0) is 25.2. The summed E-state index contributed by atoms with van der Waals surface area (Å²) in [7, 11) is 0. The van der Waals surface area contributed by atoms with E-state index in [0.29, 0.717) is 11.1 Å². The van der Waals surface area contributed by atoms with Gasteiger partial charge in [0.2, 0.25) is 5.91 Å². The van der Waals surface area contributed by atoms with Gasteiger partial charge in [0.1, 0.15) is 6.07 Å². The molecule has 0 aromatic carbocycles. The number of hydrogen-bond acceptors (Lipinski definition) is 7. The summed E-state index contributed by atoms with van der Waals surface area (Å²) in [6.07, 6.45) is 8.62. The quantitative estimate of drug-likeness (QED) is 0.355. The maximum Gasteiger partial charge on any atom is 0.254 e. The molecule has 0 spiro atoms. The van der Waals surface area contributed by atoms with Crippen LogP contribution in [0.5, 0.6) is 0 Å². The van der Waals surface area contributed by atoms with Gasteiger partial charge in [-0.1, -0.05) is 0 Å². The molecule has 6 rings (SSSR count). The van der Waals surface area contributed by atoms with E-state index in [9.17, 15) is 14.7 Å². The monoisotopic (exact) mass is 487 g/mol. The van der Waals surface area contributed by atoms with Crippen molar-refractivity contribution in [3.05, 3.63) is 65.7 Å². The minimum absolute atomic E-state index is 0.0489. The van der Waals surface area contributed by atoms with Gasteiger partial charge in [0.05, 0.1) is 53.3 Å². The fourth-order valence-corrected chi connectivity index (χ4v) is 5.33. The van der Waals surface area contributed by atoms with Crippen LogP contribution in [0, 0.1) is 11.3 Å². The number of hydrogen-bond donors (Lipinski definition) is 4. The van der Waals surface area contributed by atoms with Gasteiger partial charge in [-0.3, -0.25) is 19.9 Å². The zero-order valence-corrected chi connectivity index (χ0v) is 19.9. The third kappa shape index (κ3) is 5.08. The molecule has 4 N–H and O–H groups in total. The van der Waals surface area contributed by atoms with E-state index in [1.54, 1.807) is 28.9 Å². The number of nitrogens with zero attached hydrogens (tertiary/aromatic N) is 4. The highest BCUT2D eigenvalue weighted by Gasteiger charge is 2.48. The standard InChI is InChI=1S/C26H29N7O3/c27-14-18-12-20-3-4-21(33(20)30-15-18)17-29-23(34)13-22(31-24(35)19-2-1-11-28-16-19)32-25-5-8-26(36,9-6-25)10-7-25/h1-4,11-12,15-16,22,32,36H,5-10,13,17H2,(H,29,34)(H,31,35). The van der Waals surface area contributed by atoms with E-state index in [1.165, 1.54) is 12.4 Å². The largest absolute Gasteiger partial charge is 0.390 e. The van der Waals surface area contributed by atoms with Crippen molar-refractivity contribution in [1.82, 2.24) is 30.5 Å². The van der Waals surface area contributed by atoms with Gasteiger partial charge >= 0.3 is 0 Å². The maximum absolute atomic E-state index is 13.0. The van der Waals surface area contributed by atoms with Crippen LogP contribution in [0.1, 0.15) is 66.6 Å². The maximum atomic E-state index is 13.0. The molecule has 0 saturated heterocycles. The Hall–Kier alpha value is -3.81. The molecule has 3 saturated carbocycles. The Balaban J connectivity index is 1.26. The third-order valence-corrected chi connectivity index (χ3v) is 7.48. The van der Waals surface area contributed by atoms with Gasteiger partial charge in [-0.15, -0.1) is 0 Å². The fraction of sp³-hybridized carbons (Fsp3) is 0.423. The van der Waals surface area contributed by atoms with Crippen LogP contribution in [0.15, 0.2) is 48.9 Å². The molecule has 3 heterocycles. The molecule has 1 atom stereocenters. The number of nitrogens with one attached hydrogen (secondary N) is 3. The minimum Gasteiger partial charge on any atom is -0.390 e. The molecular weight excluding hydrogens is 458 g/mol. The van der Waals surface area contributed by atoms with Gasteiger partial charge in [-0.25, -0.2) is 4.52 Å². The highest BCUT2D eigenvalue weighted by atomic mass is 16.3. The molecule has 10 nitrogen and oxygen atoms in total. The normalized spacial score (nSPS) is 23.7. The Bertz CT molecular complexity index is 1290. The van der Waals surface area contributed by atoms with Gasteiger partial charge in [0.25, 0.3) is 5.91 Å². The zero-order valence-electron chi connectivity index (χ0n) is 19.9. The average Bonchev–Trinajstić information content (AvgIpc) is 3.31. The van der Waals surface area contributed by atoms with Crippen molar-refractivity contribution in [2.24, 2.45) is 0 Å². The van der Waals surface area contributed by atoms with Crippen molar-refractivity contribution in [2.75, 3.05) is 0 Å². The number of carbonyl (C=O) groups excluding carboxylic acids is 2. The number of pyridine rings is 1. The molecule has 2 bridgehead atoms. The number of amides is 2. The van der Waals surface area contributed by atoms with Crippen LogP contribution in [0.25, 0.3) is 5.52 Å². The smallest absolute Gasteiger partial charge is 0.254 e. The number of rotatable bonds is 8. The summed E-state index contributed by atoms with van der Waals surface area (Å²) < 4.78 is 1.69. The Kier molecular flexibility index (Phi) is 6.43. The van der Waals surface area contributed by atoms with E-state index in [0.717, 1.165) is 49.7 Å². The van der Waals surface area contributed by atoms with E-state index in [1.807, 2.05) is 12.1 Å². The molecule has 2 amide bonds. The predicted molar refractivity (Wildman–Crippen MR) is 130 cm³/mol. The molecule has 0 aliphatic heterocycles. The number of nitriles is 1. The van der Waals surface area contributed by atoms with Crippen molar-refractivity contribution in [3.8, 4) is 6.07 Å². The van der Waals surface area contributed by atoms with Gasteiger partial charge in [-0.05, 0) is 68.9 Å². The van der Waals surface area contributed by atoms with Crippen molar-refractivity contribution < 1.29 is 14.7 Å². The first-order valence-corrected chi connectivity index (χ1v) is 12.2. The highest BCUT2D eigenvalue weighted by Crippen LogP contribution is 2.46. The highest BCUT2D eigenvalue weighted by molar-refractivity contribution is 5.94. The van der Waals surface area contributed by atoms with Crippen LogP contribution in [0.4, 0.5) is 0 Å². The molecule has 3 aromatic rings. The number of aromatic nitrogens is 3. The van der Waals surface area contributed by atoms with E-state index < -0.39 is 11.8 Å². The molecule has 1 unspecified atom stereocenters. The van der Waals surface area contributed by atoms with Crippen LogP contribution in [0.2, 0.25) is 0 Å². The topological polar surface area (TPSA) is 144 Å². The van der Waals surface area contributed by atoms with E-state index in [4.69, 9.17) is 5.26 Å². The Morgan fingerprint density at radius 3 is 2.61 bits per heavy atom. The van der Waals surface area contributed by atoms with E-state index in [-0.39, 0.29) is 30.3 Å². The fourth-order valence-electron chi connectivity index (χ4n) is 5.33. The van der Waals surface area contributed by atoms with Crippen molar-refractivity contribution in [3.63, 3.8) is 0 Å². The molecule has 186 valence electrons. The van der Waals surface area contributed by atoms with Crippen molar-refractivity contribution >= 4 is 17.3 Å². The van der Waals surface area contributed by atoms with Gasteiger partial charge in [0.15, 0.2) is 0 Å². The van der Waals surface area contributed by atoms with Crippen molar-refractivity contribution in [1.29, 1.82) is 5.26 Å². The van der Waals surface area contributed by atoms with Gasteiger partial charge in [-0.2, -0.15) is 10.4 Å². The summed E-state index contributed by atoms with van der Waals surface area (Å²) in [5, 5.41) is 33.4. The first kappa shape index (κ1) is 23.9. The van der Waals surface area contributed by atoms with Crippen LogP contribution in [-0.2, 0) is 11.3 Å². The second-order valence-corrected chi connectivity index (χ2v) is 9.92. The summed E-state index contributed by atoms with van der Waals surface area (Å²) in [6.45, 7) is 0.257. The molecule has 3 aromatic heterocycles. The minimum atomic E-state index is -0.581. The number of carbonyl (C=O) groups is 2. The first-order valence-electron chi connectivity index (χ1n) is 12.2. The third-order valence-electron chi connectivity index (χ3n) is 7.48. The number of aliphatic hydroxyl groups is 1. The summed E-state index contributed by atoms with van der Waals surface area (Å²) in [5.74, 6) is -0.523. The summed E-state index contributed by atoms with van der Waals surface area (Å²) in [5.41, 5.74) is 1.66. The molecule has 0 radical (unpaired) electrons. The molecular formula is C26H29N7O3. The Labute approximate surface area is 208 Å². The van der Waals surface area contributed by atoms with E-state index in [2.05, 4.69) is 32.1 Å². The SMILES string of the molecule is N#Cc1cnn2c(CNC(=O)CC(NC(=O)c3cccnc3)NC34CCC(O)(CC3)CC4)ccc2c1. The van der Waals surface area contributed by atoms with Crippen LogP contribution in [0.3, 0.4) is 0 Å². The lowest BCUT2D eigenvalue weighted by atomic mass is 9.63. The molecule has 3 aliphatic rings. The first-order chi connectivity index (χ1) is 17.4. The van der Waals surface area contributed by atoms with Gasteiger partial charge in [0, 0.05) is 17.9 Å². The van der Waals surface area contributed by atoms with E-state index >= 15 is 0 Å². The summed E-state index contributed by atoms with van der Waals surface area (Å²) >= 11 is 0. The molecule has 3 aliphatic carbocycles. The lowest BCUT2D eigenvalue weighted by Gasteiger charge is -2.52.